The molecule has 5 heteroatoms. The lowest BCUT2D eigenvalue weighted by molar-refractivity contribution is -0.148. The van der Waals surface area contributed by atoms with Crippen LogP contribution in [0, 0.1) is 0 Å². The third-order valence-corrected chi connectivity index (χ3v) is 4.79. The molecule has 2 heterocycles. The average molecular weight is 283 g/mol. The molecule has 0 bridgehead atoms. The fourth-order valence-electron chi connectivity index (χ4n) is 3.37. The van der Waals surface area contributed by atoms with Gasteiger partial charge in [-0.2, -0.15) is 0 Å². The highest BCUT2D eigenvalue weighted by molar-refractivity contribution is 5.84. The fourth-order valence-corrected chi connectivity index (χ4v) is 3.37. The molecule has 0 aromatic rings. The first-order valence-corrected chi connectivity index (χ1v) is 7.71. The van der Waals surface area contributed by atoms with Crippen molar-refractivity contribution in [3.05, 3.63) is 0 Å². The number of aliphatic hydroxyl groups is 1. The van der Waals surface area contributed by atoms with E-state index in [0.29, 0.717) is 6.04 Å². The summed E-state index contributed by atoms with van der Waals surface area (Å²) in [5.41, 5.74) is -1.27. The van der Waals surface area contributed by atoms with Crippen molar-refractivity contribution in [2.24, 2.45) is 0 Å². The van der Waals surface area contributed by atoms with E-state index in [9.17, 15) is 9.90 Å². The zero-order valence-electron chi connectivity index (χ0n) is 13.3. The highest BCUT2D eigenvalue weighted by atomic mass is 16.3. The smallest absolute Gasteiger partial charge is 0.253 e. The molecule has 116 valence electrons. The van der Waals surface area contributed by atoms with Crippen LogP contribution in [0.4, 0.5) is 0 Å². The summed E-state index contributed by atoms with van der Waals surface area (Å²) in [6.07, 6.45) is 3.48. The second kappa shape index (κ2) is 6.00. The van der Waals surface area contributed by atoms with E-state index in [2.05, 4.69) is 16.8 Å². The Morgan fingerprint density at radius 1 is 1.20 bits per heavy atom. The quantitative estimate of drug-likeness (QED) is 0.814. The third kappa shape index (κ3) is 3.51. The van der Waals surface area contributed by atoms with Crippen LogP contribution in [0.15, 0.2) is 0 Å². The highest BCUT2D eigenvalue weighted by Crippen LogP contribution is 2.24. The summed E-state index contributed by atoms with van der Waals surface area (Å²) in [6, 6.07) is 0.912. The van der Waals surface area contributed by atoms with Crippen molar-refractivity contribution in [1.82, 2.24) is 14.7 Å². The molecule has 0 aromatic carbocycles. The van der Waals surface area contributed by atoms with E-state index in [0.717, 1.165) is 19.5 Å². The molecule has 2 aliphatic rings. The van der Waals surface area contributed by atoms with Gasteiger partial charge in [0.1, 0.15) is 5.60 Å². The van der Waals surface area contributed by atoms with Gasteiger partial charge in [-0.05, 0) is 53.2 Å². The number of nitrogens with zero attached hydrogens (tertiary/aromatic N) is 3. The summed E-state index contributed by atoms with van der Waals surface area (Å²) < 4.78 is 0. The molecule has 2 fully saturated rings. The molecule has 5 nitrogen and oxygen atoms in total. The number of rotatable bonds is 3. The van der Waals surface area contributed by atoms with E-state index >= 15 is 0 Å². The van der Waals surface area contributed by atoms with Crippen molar-refractivity contribution < 1.29 is 9.90 Å². The summed E-state index contributed by atoms with van der Waals surface area (Å²) in [6.45, 7) is 7.49. The number of hydrogen-bond acceptors (Lipinski definition) is 4. The van der Waals surface area contributed by atoms with Gasteiger partial charge in [0.05, 0.1) is 0 Å². The Hall–Kier alpha value is -0.650. The van der Waals surface area contributed by atoms with Gasteiger partial charge < -0.3 is 14.9 Å². The fraction of sp³-hybridized carbons (Fsp3) is 0.933. The minimum absolute atomic E-state index is 0.173. The maximum atomic E-state index is 12.1. The third-order valence-electron chi connectivity index (χ3n) is 4.79. The molecule has 20 heavy (non-hydrogen) atoms. The van der Waals surface area contributed by atoms with Crippen LogP contribution in [0.25, 0.3) is 0 Å². The first-order valence-electron chi connectivity index (χ1n) is 7.71. The van der Waals surface area contributed by atoms with Gasteiger partial charge in [0.15, 0.2) is 0 Å². The number of likely N-dealkylation sites (tertiary alicyclic amines) is 2. The molecule has 1 N–H and O–H groups in total. The molecule has 0 radical (unpaired) electrons. The van der Waals surface area contributed by atoms with E-state index in [-0.39, 0.29) is 11.9 Å². The van der Waals surface area contributed by atoms with Gasteiger partial charge in [-0.25, -0.2) is 0 Å². The molecule has 2 rings (SSSR count). The van der Waals surface area contributed by atoms with Crippen molar-refractivity contribution in [3.63, 3.8) is 0 Å². The first-order chi connectivity index (χ1) is 9.29. The number of carbonyl (C=O) groups excluding carboxylic acids is 1. The van der Waals surface area contributed by atoms with Crippen LogP contribution in [0.3, 0.4) is 0 Å². The SMILES string of the molecule is CN1CCC(N2CCC(N(C)C(=O)C(C)(C)O)C2)CC1. The van der Waals surface area contributed by atoms with Gasteiger partial charge in [-0.3, -0.25) is 9.69 Å². The molecule has 1 unspecified atom stereocenters. The van der Waals surface area contributed by atoms with Crippen LogP contribution in [-0.2, 0) is 4.79 Å². The van der Waals surface area contributed by atoms with Crippen LogP contribution in [0.2, 0.25) is 0 Å². The summed E-state index contributed by atoms with van der Waals surface area (Å²) >= 11 is 0. The monoisotopic (exact) mass is 283 g/mol. The lowest BCUT2D eigenvalue weighted by Gasteiger charge is -2.36. The number of hydrogen-bond donors (Lipinski definition) is 1. The summed E-state index contributed by atoms with van der Waals surface area (Å²) in [5.74, 6) is -0.173. The van der Waals surface area contributed by atoms with Gasteiger partial charge in [0.25, 0.3) is 5.91 Å². The van der Waals surface area contributed by atoms with Crippen molar-refractivity contribution in [2.75, 3.05) is 40.3 Å². The van der Waals surface area contributed by atoms with E-state index < -0.39 is 5.60 Å². The first kappa shape index (κ1) is 15.7. The summed E-state index contributed by atoms with van der Waals surface area (Å²) in [4.78, 5) is 18.8. The van der Waals surface area contributed by atoms with Gasteiger partial charge in [0, 0.05) is 32.2 Å². The zero-order valence-corrected chi connectivity index (χ0v) is 13.3. The van der Waals surface area contributed by atoms with Gasteiger partial charge in [-0.15, -0.1) is 0 Å². The summed E-state index contributed by atoms with van der Waals surface area (Å²) in [7, 11) is 4.00. The average Bonchev–Trinajstić information content (AvgIpc) is 2.86. The number of amides is 1. The Labute approximate surface area is 122 Å². The highest BCUT2D eigenvalue weighted by Gasteiger charge is 2.36. The normalized spacial score (nSPS) is 26.9. The van der Waals surface area contributed by atoms with Crippen LogP contribution in [0.5, 0.6) is 0 Å². The van der Waals surface area contributed by atoms with Crippen molar-refractivity contribution >= 4 is 5.91 Å². The summed E-state index contributed by atoms with van der Waals surface area (Å²) in [5, 5.41) is 9.85. The second-order valence-corrected chi connectivity index (χ2v) is 6.95. The lowest BCUT2D eigenvalue weighted by atomic mass is 10.0. The van der Waals surface area contributed by atoms with Gasteiger partial charge in [0.2, 0.25) is 0 Å². The molecule has 0 aliphatic carbocycles. The second-order valence-electron chi connectivity index (χ2n) is 6.95. The van der Waals surface area contributed by atoms with Crippen LogP contribution < -0.4 is 0 Å². The standard InChI is InChI=1S/C15H29N3O2/c1-15(2,20)14(19)17(4)13-7-10-18(11-13)12-5-8-16(3)9-6-12/h12-13,20H,5-11H2,1-4H3. The molecule has 2 saturated heterocycles. The maximum Gasteiger partial charge on any atom is 0.253 e. The van der Waals surface area contributed by atoms with Crippen molar-refractivity contribution in [2.45, 2.75) is 50.8 Å². The van der Waals surface area contributed by atoms with Gasteiger partial charge in [-0.1, -0.05) is 0 Å². The zero-order chi connectivity index (χ0) is 14.9. The van der Waals surface area contributed by atoms with Crippen LogP contribution >= 0.6 is 0 Å². The van der Waals surface area contributed by atoms with E-state index in [1.807, 2.05) is 7.05 Å². The minimum Gasteiger partial charge on any atom is -0.381 e. The molecular weight excluding hydrogens is 254 g/mol. The molecule has 1 amide bonds. The lowest BCUT2D eigenvalue weighted by Crippen LogP contribution is -2.49. The minimum atomic E-state index is -1.27. The largest absolute Gasteiger partial charge is 0.381 e. The predicted octanol–water partition coefficient (Wildman–Crippen LogP) is 0.384. The van der Waals surface area contributed by atoms with Crippen LogP contribution in [0.1, 0.15) is 33.1 Å². The van der Waals surface area contributed by atoms with Gasteiger partial charge >= 0.3 is 0 Å². The number of carbonyl (C=O) groups is 1. The molecule has 0 saturated carbocycles. The van der Waals surface area contributed by atoms with E-state index in [4.69, 9.17) is 0 Å². The Bertz CT molecular complexity index is 346. The number of likely N-dealkylation sites (N-methyl/N-ethyl adjacent to an activating group) is 1. The maximum absolute atomic E-state index is 12.1. The van der Waals surface area contributed by atoms with E-state index in [1.54, 1.807) is 18.7 Å². The molecule has 0 aromatic heterocycles. The van der Waals surface area contributed by atoms with Crippen molar-refractivity contribution in [1.29, 1.82) is 0 Å². The molecular formula is C15H29N3O2. The Morgan fingerprint density at radius 2 is 1.80 bits per heavy atom. The molecule has 0 spiro atoms. The predicted molar refractivity (Wildman–Crippen MR) is 79.6 cm³/mol. The molecule has 1 atom stereocenters. The Balaban J connectivity index is 1.87. The topological polar surface area (TPSA) is 47.0 Å². The molecule has 2 aliphatic heterocycles. The van der Waals surface area contributed by atoms with Crippen molar-refractivity contribution in [3.8, 4) is 0 Å². The van der Waals surface area contributed by atoms with E-state index in [1.165, 1.54) is 25.9 Å². The van der Waals surface area contributed by atoms with Crippen LogP contribution in [-0.4, -0.2) is 83.7 Å². The Kier molecular flexibility index (Phi) is 4.72. The number of piperidine rings is 1. The Morgan fingerprint density at radius 3 is 2.35 bits per heavy atom.